The third-order valence-electron chi connectivity index (χ3n) is 4.89. The molecule has 0 saturated heterocycles. The zero-order chi connectivity index (χ0) is 23.4. The summed E-state index contributed by atoms with van der Waals surface area (Å²) in [5.41, 5.74) is 0.417. The van der Waals surface area contributed by atoms with E-state index < -0.39 is 11.4 Å². The van der Waals surface area contributed by atoms with E-state index >= 15 is 0 Å². The Balaban J connectivity index is 2.08. The third-order valence-corrected chi connectivity index (χ3v) is 5.25. The first-order valence-corrected chi connectivity index (χ1v) is 10.3. The van der Waals surface area contributed by atoms with Gasteiger partial charge in [-0.15, -0.1) is 5.11 Å². The van der Waals surface area contributed by atoms with Crippen LogP contribution in [0.1, 0.15) is 0 Å². The molecule has 1 heterocycles. The van der Waals surface area contributed by atoms with E-state index in [2.05, 4.69) is 10.2 Å². The second-order valence-corrected chi connectivity index (χ2v) is 7.18. The van der Waals surface area contributed by atoms with Crippen molar-refractivity contribution in [1.82, 2.24) is 9.13 Å². The van der Waals surface area contributed by atoms with Gasteiger partial charge in [-0.25, -0.2) is 4.57 Å². The van der Waals surface area contributed by atoms with Crippen LogP contribution in [0.5, 0.6) is 17.4 Å². The van der Waals surface area contributed by atoms with Crippen LogP contribution in [0.3, 0.4) is 0 Å². The molecule has 33 heavy (non-hydrogen) atoms. The minimum Gasteiger partial charge on any atom is -0.495 e. The number of hydrogen-bond donors (Lipinski definition) is 1. The lowest BCUT2D eigenvalue weighted by Gasteiger charge is -2.18. The van der Waals surface area contributed by atoms with E-state index in [9.17, 15) is 9.90 Å². The largest absolute Gasteiger partial charge is 0.495 e. The van der Waals surface area contributed by atoms with Gasteiger partial charge in [0.2, 0.25) is 11.6 Å². The van der Waals surface area contributed by atoms with E-state index in [1.54, 1.807) is 72.8 Å². The topological polar surface area (TPSA) is 90.3 Å². The third kappa shape index (κ3) is 4.13. The number of hydrogen-bond acceptors (Lipinski definition) is 7. The molecular formula is C24H20N4O4S. The number of methoxy groups -OCH3 is 2. The molecule has 0 atom stereocenters. The lowest BCUT2D eigenvalue weighted by Crippen LogP contribution is -2.23. The number of para-hydroxylation sites is 4. The molecule has 8 nitrogen and oxygen atoms in total. The molecule has 1 aromatic heterocycles. The quantitative estimate of drug-likeness (QED) is 0.303. The van der Waals surface area contributed by atoms with E-state index in [0.29, 0.717) is 28.6 Å². The van der Waals surface area contributed by atoms with Crippen molar-refractivity contribution in [3.63, 3.8) is 0 Å². The molecule has 4 rings (SSSR count). The smallest absolute Gasteiger partial charge is 0.290 e. The van der Waals surface area contributed by atoms with Crippen LogP contribution in [0.4, 0.5) is 11.4 Å². The number of rotatable bonds is 6. The number of benzene rings is 3. The van der Waals surface area contributed by atoms with Gasteiger partial charge >= 0.3 is 0 Å². The Morgan fingerprint density at radius 3 is 1.85 bits per heavy atom. The summed E-state index contributed by atoms with van der Waals surface area (Å²) in [5, 5.41) is 19.4. The van der Waals surface area contributed by atoms with Gasteiger partial charge in [-0.05, 0) is 48.6 Å². The molecule has 0 aliphatic carbocycles. The summed E-state index contributed by atoms with van der Waals surface area (Å²) in [6.07, 6.45) is 0. The Morgan fingerprint density at radius 2 is 1.27 bits per heavy atom. The number of ether oxygens (including phenoxy) is 2. The van der Waals surface area contributed by atoms with E-state index in [1.165, 1.54) is 23.4 Å². The minimum absolute atomic E-state index is 0.00478. The number of aromatic nitrogens is 2. The second kappa shape index (κ2) is 9.49. The molecule has 0 bridgehead atoms. The molecule has 0 spiro atoms. The summed E-state index contributed by atoms with van der Waals surface area (Å²) in [6, 6.07) is 22.8. The molecular weight excluding hydrogens is 440 g/mol. The fourth-order valence-corrected chi connectivity index (χ4v) is 3.70. The summed E-state index contributed by atoms with van der Waals surface area (Å²) in [4.78, 5) is 13.5. The summed E-state index contributed by atoms with van der Waals surface area (Å²) in [7, 11) is 3.00. The Kier molecular flexibility index (Phi) is 6.32. The molecule has 0 amide bonds. The number of azo groups is 1. The van der Waals surface area contributed by atoms with Gasteiger partial charge in [0.25, 0.3) is 5.56 Å². The van der Waals surface area contributed by atoms with E-state index in [4.69, 9.17) is 21.7 Å². The van der Waals surface area contributed by atoms with Gasteiger partial charge in [-0.1, -0.05) is 42.5 Å². The predicted octanol–water partition coefficient (Wildman–Crippen LogP) is 5.50. The lowest BCUT2D eigenvalue weighted by atomic mass is 10.2. The van der Waals surface area contributed by atoms with Crippen LogP contribution in [-0.2, 0) is 0 Å². The van der Waals surface area contributed by atoms with Crippen LogP contribution in [0, 0.1) is 4.77 Å². The van der Waals surface area contributed by atoms with Crippen molar-refractivity contribution in [3.05, 3.63) is 94.0 Å². The Morgan fingerprint density at radius 1 is 0.758 bits per heavy atom. The van der Waals surface area contributed by atoms with Crippen LogP contribution >= 0.6 is 12.2 Å². The van der Waals surface area contributed by atoms with Crippen LogP contribution < -0.4 is 15.0 Å². The first-order valence-electron chi connectivity index (χ1n) is 9.91. The molecule has 166 valence electrons. The average Bonchev–Trinajstić information content (AvgIpc) is 2.85. The lowest BCUT2D eigenvalue weighted by molar-refractivity contribution is 0.400. The van der Waals surface area contributed by atoms with E-state index in [-0.39, 0.29) is 10.5 Å². The van der Waals surface area contributed by atoms with Crippen molar-refractivity contribution in [2.75, 3.05) is 14.2 Å². The van der Waals surface area contributed by atoms with Gasteiger partial charge in [-0.2, -0.15) is 5.11 Å². The molecule has 1 N–H and O–H groups in total. The molecule has 0 aliphatic heterocycles. The van der Waals surface area contributed by atoms with Gasteiger partial charge in [0, 0.05) is 0 Å². The Bertz CT molecular complexity index is 1450. The van der Waals surface area contributed by atoms with Crippen molar-refractivity contribution in [2.45, 2.75) is 0 Å². The molecule has 4 aromatic rings. The van der Waals surface area contributed by atoms with Crippen LogP contribution in [0.2, 0.25) is 0 Å². The Hall–Kier alpha value is -4.24. The maximum absolute atomic E-state index is 13.5. The van der Waals surface area contributed by atoms with Crippen LogP contribution in [-0.4, -0.2) is 28.5 Å². The second-order valence-electron chi connectivity index (χ2n) is 6.81. The molecule has 0 radical (unpaired) electrons. The van der Waals surface area contributed by atoms with E-state index in [0.717, 1.165) is 0 Å². The van der Waals surface area contributed by atoms with Gasteiger partial charge in [0.15, 0.2) is 4.77 Å². The van der Waals surface area contributed by atoms with Crippen molar-refractivity contribution < 1.29 is 14.6 Å². The van der Waals surface area contributed by atoms with Crippen LogP contribution in [0.25, 0.3) is 11.4 Å². The van der Waals surface area contributed by atoms with Gasteiger partial charge in [-0.3, -0.25) is 9.36 Å². The van der Waals surface area contributed by atoms with Gasteiger partial charge in [0.1, 0.15) is 11.5 Å². The highest BCUT2D eigenvalue weighted by atomic mass is 32.1. The first-order chi connectivity index (χ1) is 16.1. The first kappa shape index (κ1) is 22.0. The van der Waals surface area contributed by atoms with Gasteiger partial charge < -0.3 is 14.6 Å². The summed E-state index contributed by atoms with van der Waals surface area (Å²) >= 11 is 5.67. The van der Waals surface area contributed by atoms with Gasteiger partial charge in [0.05, 0.1) is 31.3 Å². The zero-order valence-corrected chi connectivity index (χ0v) is 18.7. The molecule has 0 saturated carbocycles. The van der Waals surface area contributed by atoms with Crippen molar-refractivity contribution >= 4 is 23.6 Å². The number of aromatic hydroxyl groups is 1. The summed E-state index contributed by atoms with van der Waals surface area (Å²) < 4.78 is 13.5. The standard InChI is InChI=1S/C24H20N4O4S/c1-31-19-14-8-6-12-17(19)27-22(29)21(26-25-16-10-4-3-5-11-16)23(30)28(24(27)33)18-13-7-9-15-20(18)32-2/h3-15,29H,1-2H3. The highest BCUT2D eigenvalue weighted by molar-refractivity contribution is 7.71. The van der Waals surface area contributed by atoms with E-state index in [1.807, 2.05) is 6.07 Å². The van der Waals surface area contributed by atoms with Crippen molar-refractivity contribution in [2.24, 2.45) is 10.2 Å². The molecule has 0 fully saturated rings. The molecule has 0 unspecified atom stereocenters. The molecule has 9 heteroatoms. The average molecular weight is 461 g/mol. The highest BCUT2D eigenvalue weighted by Gasteiger charge is 2.22. The number of nitrogens with zero attached hydrogens (tertiary/aromatic N) is 4. The minimum atomic E-state index is -0.646. The maximum Gasteiger partial charge on any atom is 0.290 e. The summed E-state index contributed by atoms with van der Waals surface area (Å²) in [6.45, 7) is 0. The fraction of sp³-hybridized carbons (Fsp3) is 0.0833. The molecule has 0 aliphatic rings. The van der Waals surface area contributed by atoms with Crippen molar-refractivity contribution in [1.29, 1.82) is 0 Å². The fourth-order valence-electron chi connectivity index (χ4n) is 3.33. The Labute approximate surface area is 194 Å². The summed E-state index contributed by atoms with van der Waals surface area (Å²) in [5.74, 6) is 0.411. The normalized spacial score (nSPS) is 11.0. The SMILES string of the molecule is COc1ccccc1-n1c(O)c(N=Nc2ccccc2)c(=O)n(-c2ccccc2OC)c1=S. The monoisotopic (exact) mass is 460 g/mol. The van der Waals surface area contributed by atoms with Crippen LogP contribution in [0.15, 0.2) is 93.9 Å². The maximum atomic E-state index is 13.5. The molecule has 3 aromatic carbocycles. The van der Waals surface area contributed by atoms with Crippen molar-refractivity contribution in [3.8, 4) is 28.8 Å². The predicted molar refractivity (Wildman–Crippen MR) is 128 cm³/mol. The highest BCUT2D eigenvalue weighted by Crippen LogP contribution is 2.33. The zero-order valence-electron chi connectivity index (χ0n) is 17.9.